The zero-order valence-electron chi connectivity index (χ0n) is 12.4. The fourth-order valence-corrected chi connectivity index (χ4v) is 2.32. The third kappa shape index (κ3) is 4.39. The highest BCUT2D eigenvalue weighted by Gasteiger charge is 2.10. The number of esters is 1. The van der Waals surface area contributed by atoms with E-state index in [9.17, 15) is 4.79 Å². The highest BCUT2D eigenvalue weighted by Crippen LogP contribution is 2.17. The molecule has 0 amide bonds. The van der Waals surface area contributed by atoms with Crippen molar-refractivity contribution in [2.45, 2.75) is 13.2 Å². The molecule has 3 aromatic rings. The average molecular weight is 408 g/mol. The molecule has 0 fully saturated rings. The molecule has 0 aliphatic carbocycles. The first-order valence-corrected chi connectivity index (χ1v) is 8.21. The number of tetrazole rings is 1. The molecule has 122 valence electrons. The molecule has 0 aliphatic heterocycles. The summed E-state index contributed by atoms with van der Waals surface area (Å²) in [6.07, 6.45) is 0. The molecule has 0 spiro atoms. The Bertz CT molecular complexity index is 834. The lowest BCUT2D eigenvalue weighted by atomic mass is 10.2. The summed E-state index contributed by atoms with van der Waals surface area (Å²) in [5.41, 5.74) is 1.67. The van der Waals surface area contributed by atoms with E-state index < -0.39 is 5.97 Å². The first-order chi connectivity index (χ1) is 11.6. The van der Waals surface area contributed by atoms with Crippen molar-refractivity contribution in [1.82, 2.24) is 20.2 Å². The molecule has 0 bridgehead atoms. The van der Waals surface area contributed by atoms with Gasteiger partial charge in [-0.15, -0.1) is 10.2 Å². The number of rotatable bonds is 5. The van der Waals surface area contributed by atoms with Gasteiger partial charge >= 0.3 is 5.97 Å². The lowest BCUT2D eigenvalue weighted by molar-refractivity contribution is -0.146. The summed E-state index contributed by atoms with van der Waals surface area (Å²) in [5.74, 6) is -0.00893. The van der Waals surface area contributed by atoms with E-state index in [1.165, 1.54) is 4.80 Å². The SMILES string of the molecule is O=C(Cn1nnc(-c2ccc(Cl)cc2)n1)OCc1ccc(Br)cc1. The Kier molecular flexibility index (Phi) is 5.22. The molecule has 8 heteroatoms. The van der Waals surface area contributed by atoms with Crippen molar-refractivity contribution in [1.29, 1.82) is 0 Å². The van der Waals surface area contributed by atoms with Gasteiger partial charge in [0.25, 0.3) is 0 Å². The summed E-state index contributed by atoms with van der Waals surface area (Å²) >= 11 is 9.19. The van der Waals surface area contributed by atoms with Crippen LogP contribution in [-0.4, -0.2) is 26.2 Å². The standard InChI is InChI=1S/C16H12BrClN4O2/c17-13-5-1-11(2-6-13)10-24-15(23)9-22-20-16(19-21-22)12-3-7-14(18)8-4-12/h1-8H,9-10H2. The van der Waals surface area contributed by atoms with Gasteiger partial charge < -0.3 is 4.74 Å². The normalized spacial score (nSPS) is 10.6. The van der Waals surface area contributed by atoms with Crippen LogP contribution in [0.15, 0.2) is 53.0 Å². The molecule has 1 aromatic heterocycles. The van der Waals surface area contributed by atoms with Gasteiger partial charge in [-0.05, 0) is 47.2 Å². The maximum atomic E-state index is 11.9. The van der Waals surface area contributed by atoms with Crippen LogP contribution in [0.4, 0.5) is 0 Å². The quantitative estimate of drug-likeness (QED) is 0.605. The van der Waals surface area contributed by atoms with Crippen LogP contribution in [0.25, 0.3) is 11.4 Å². The van der Waals surface area contributed by atoms with E-state index in [2.05, 4.69) is 31.3 Å². The molecule has 0 N–H and O–H groups in total. The van der Waals surface area contributed by atoms with E-state index in [1.54, 1.807) is 24.3 Å². The van der Waals surface area contributed by atoms with Gasteiger partial charge in [0.2, 0.25) is 5.82 Å². The van der Waals surface area contributed by atoms with Crippen molar-refractivity contribution in [2.24, 2.45) is 0 Å². The van der Waals surface area contributed by atoms with E-state index in [0.29, 0.717) is 10.8 Å². The fraction of sp³-hybridized carbons (Fsp3) is 0.125. The molecule has 1 heterocycles. The van der Waals surface area contributed by atoms with Crippen molar-refractivity contribution < 1.29 is 9.53 Å². The number of benzene rings is 2. The summed E-state index contributed by atoms with van der Waals surface area (Å²) in [7, 11) is 0. The zero-order valence-corrected chi connectivity index (χ0v) is 14.7. The van der Waals surface area contributed by atoms with Gasteiger partial charge in [-0.2, -0.15) is 4.80 Å². The Morgan fingerprint density at radius 3 is 2.54 bits per heavy atom. The van der Waals surface area contributed by atoms with Crippen LogP contribution >= 0.6 is 27.5 Å². The Hall–Kier alpha value is -2.25. The van der Waals surface area contributed by atoms with Crippen molar-refractivity contribution >= 4 is 33.5 Å². The molecule has 0 unspecified atom stereocenters. The van der Waals surface area contributed by atoms with E-state index in [0.717, 1.165) is 15.6 Å². The van der Waals surface area contributed by atoms with Crippen molar-refractivity contribution in [3.05, 3.63) is 63.6 Å². The Morgan fingerprint density at radius 2 is 1.83 bits per heavy atom. The van der Waals surface area contributed by atoms with E-state index >= 15 is 0 Å². The van der Waals surface area contributed by atoms with Crippen LogP contribution in [-0.2, 0) is 22.7 Å². The second-order valence-corrected chi connectivity index (χ2v) is 6.29. The van der Waals surface area contributed by atoms with Gasteiger partial charge in [-0.1, -0.05) is 39.7 Å². The maximum Gasteiger partial charge on any atom is 0.330 e. The van der Waals surface area contributed by atoms with Crippen LogP contribution in [0, 0.1) is 0 Å². The highest BCUT2D eigenvalue weighted by atomic mass is 79.9. The Balaban J connectivity index is 1.57. The molecule has 0 radical (unpaired) electrons. The number of aromatic nitrogens is 4. The largest absolute Gasteiger partial charge is 0.459 e. The van der Waals surface area contributed by atoms with Crippen molar-refractivity contribution in [3.8, 4) is 11.4 Å². The molecule has 3 rings (SSSR count). The molecule has 24 heavy (non-hydrogen) atoms. The Labute approximate surface area is 151 Å². The van der Waals surface area contributed by atoms with Crippen LogP contribution in [0.2, 0.25) is 5.02 Å². The number of carbonyl (C=O) groups is 1. The number of halogens is 2. The first kappa shape index (κ1) is 16.6. The van der Waals surface area contributed by atoms with Crippen LogP contribution in [0.5, 0.6) is 0 Å². The predicted octanol–water partition coefficient (Wildman–Crippen LogP) is 3.50. The molecule has 0 saturated heterocycles. The van der Waals surface area contributed by atoms with Gasteiger partial charge in [-0.3, -0.25) is 0 Å². The van der Waals surface area contributed by atoms with E-state index in [1.807, 2.05) is 24.3 Å². The second-order valence-electron chi connectivity index (χ2n) is 4.94. The molecule has 6 nitrogen and oxygen atoms in total. The molecular weight excluding hydrogens is 396 g/mol. The summed E-state index contributed by atoms with van der Waals surface area (Å²) < 4.78 is 6.17. The van der Waals surface area contributed by atoms with Gasteiger partial charge in [0.05, 0.1) is 0 Å². The maximum absolute atomic E-state index is 11.9. The van der Waals surface area contributed by atoms with Crippen molar-refractivity contribution in [3.63, 3.8) is 0 Å². The summed E-state index contributed by atoms with van der Waals surface area (Å²) in [4.78, 5) is 13.1. The van der Waals surface area contributed by atoms with Gasteiger partial charge in [0.15, 0.2) is 6.54 Å². The minimum Gasteiger partial charge on any atom is -0.459 e. The van der Waals surface area contributed by atoms with Gasteiger partial charge in [-0.25, -0.2) is 4.79 Å². The fourth-order valence-electron chi connectivity index (χ4n) is 1.93. The lowest BCUT2D eigenvalue weighted by Crippen LogP contribution is -2.15. The van der Waals surface area contributed by atoms with E-state index in [4.69, 9.17) is 16.3 Å². The number of hydrogen-bond acceptors (Lipinski definition) is 5. The topological polar surface area (TPSA) is 69.9 Å². The monoisotopic (exact) mass is 406 g/mol. The second kappa shape index (κ2) is 7.55. The van der Waals surface area contributed by atoms with Crippen molar-refractivity contribution in [2.75, 3.05) is 0 Å². The number of nitrogens with zero attached hydrogens (tertiary/aromatic N) is 4. The number of hydrogen-bond donors (Lipinski definition) is 0. The smallest absolute Gasteiger partial charge is 0.330 e. The summed E-state index contributed by atoms with van der Waals surface area (Å²) in [5, 5.41) is 12.6. The van der Waals surface area contributed by atoms with Gasteiger partial charge in [0, 0.05) is 15.1 Å². The average Bonchev–Trinajstić information content (AvgIpc) is 3.03. The molecule has 2 aromatic carbocycles. The number of carbonyl (C=O) groups excluding carboxylic acids is 1. The van der Waals surface area contributed by atoms with Crippen LogP contribution in [0.1, 0.15) is 5.56 Å². The third-order valence-corrected chi connectivity index (χ3v) is 3.92. The molecule has 0 saturated carbocycles. The predicted molar refractivity (Wildman–Crippen MR) is 92.2 cm³/mol. The zero-order chi connectivity index (χ0) is 16.9. The summed E-state index contributed by atoms with van der Waals surface area (Å²) in [6, 6.07) is 14.6. The lowest BCUT2D eigenvalue weighted by Gasteiger charge is -2.04. The molecule has 0 aliphatic rings. The highest BCUT2D eigenvalue weighted by molar-refractivity contribution is 9.10. The van der Waals surface area contributed by atoms with E-state index in [-0.39, 0.29) is 13.2 Å². The summed E-state index contributed by atoms with van der Waals surface area (Å²) in [6.45, 7) is 0.0992. The molecular formula is C16H12BrClN4O2. The molecule has 0 atom stereocenters. The third-order valence-electron chi connectivity index (χ3n) is 3.14. The minimum absolute atomic E-state index is 0.100. The first-order valence-electron chi connectivity index (χ1n) is 7.04. The number of ether oxygens (including phenoxy) is 1. The van der Waals surface area contributed by atoms with Gasteiger partial charge in [0.1, 0.15) is 6.61 Å². The minimum atomic E-state index is -0.432. The van der Waals surface area contributed by atoms with Crippen LogP contribution in [0.3, 0.4) is 0 Å². The van der Waals surface area contributed by atoms with Crippen LogP contribution < -0.4 is 0 Å². The Morgan fingerprint density at radius 1 is 1.12 bits per heavy atom.